The Labute approximate surface area is 118 Å². The summed E-state index contributed by atoms with van der Waals surface area (Å²) in [5.74, 6) is 2.46. The molecule has 0 saturated heterocycles. The fraction of sp³-hybridized carbons (Fsp3) is 0.706. The first-order chi connectivity index (χ1) is 9.10. The minimum atomic E-state index is 0.475. The average Bonchev–Trinajstić information content (AvgIpc) is 2.34. The molecule has 2 nitrogen and oxygen atoms in total. The fourth-order valence-electron chi connectivity index (χ4n) is 3.81. The summed E-state index contributed by atoms with van der Waals surface area (Å²) in [4.78, 5) is 4.38. The van der Waals surface area contributed by atoms with Gasteiger partial charge in [-0.25, -0.2) is 0 Å². The van der Waals surface area contributed by atoms with Crippen molar-refractivity contribution in [2.45, 2.75) is 53.0 Å². The summed E-state index contributed by atoms with van der Waals surface area (Å²) in [5, 5.41) is 3.70. The first-order valence-electron chi connectivity index (χ1n) is 7.75. The van der Waals surface area contributed by atoms with Gasteiger partial charge in [-0.2, -0.15) is 0 Å². The van der Waals surface area contributed by atoms with E-state index in [4.69, 9.17) is 0 Å². The van der Waals surface area contributed by atoms with Crippen molar-refractivity contribution in [3.8, 4) is 0 Å². The molecule has 3 unspecified atom stereocenters. The Kier molecular flexibility index (Phi) is 4.98. The highest BCUT2D eigenvalue weighted by Crippen LogP contribution is 2.39. The van der Waals surface area contributed by atoms with Crippen molar-refractivity contribution in [3.05, 3.63) is 29.6 Å². The summed E-state index contributed by atoms with van der Waals surface area (Å²) in [6, 6.07) is 2.77. The van der Waals surface area contributed by atoms with E-state index in [1.165, 1.54) is 30.4 Å². The Morgan fingerprint density at radius 2 is 1.89 bits per heavy atom. The van der Waals surface area contributed by atoms with Gasteiger partial charge in [-0.3, -0.25) is 4.98 Å². The monoisotopic (exact) mass is 260 g/mol. The molecule has 1 fully saturated rings. The van der Waals surface area contributed by atoms with Gasteiger partial charge in [0.05, 0.1) is 0 Å². The smallest absolute Gasteiger partial charge is 0.0364 e. The van der Waals surface area contributed by atoms with Crippen LogP contribution in [-0.2, 0) is 0 Å². The SMILES string of the molecule is CCNC(c1cncc(C)c1)C1CC(C)CC(C)C1. The maximum absolute atomic E-state index is 4.38. The van der Waals surface area contributed by atoms with Gasteiger partial charge >= 0.3 is 0 Å². The predicted molar refractivity (Wildman–Crippen MR) is 81.1 cm³/mol. The molecule has 1 aromatic heterocycles. The maximum atomic E-state index is 4.38. The van der Waals surface area contributed by atoms with E-state index in [0.717, 1.165) is 24.3 Å². The van der Waals surface area contributed by atoms with Crippen molar-refractivity contribution in [1.82, 2.24) is 10.3 Å². The van der Waals surface area contributed by atoms with Crippen LogP contribution in [0.3, 0.4) is 0 Å². The molecule has 1 N–H and O–H groups in total. The van der Waals surface area contributed by atoms with E-state index >= 15 is 0 Å². The molecule has 0 bridgehead atoms. The molecule has 1 saturated carbocycles. The first kappa shape index (κ1) is 14.5. The van der Waals surface area contributed by atoms with Gasteiger partial charge in [-0.15, -0.1) is 0 Å². The molecule has 2 rings (SSSR count). The van der Waals surface area contributed by atoms with Crippen molar-refractivity contribution in [1.29, 1.82) is 0 Å². The normalized spacial score (nSPS) is 29.2. The molecule has 0 aromatic carbocycles. The summed E-state index contributed by atoms with van der Waals surface area (Å²) in [6.07, 6.45) is 8.07. The van der Waals surface area contributed by atoms with E-state index in [9.17, 15) is 0 Å². The molecule has 1 heterocycles. The predicted octanol–water partition coefficient (Wildman–Crippen LogP) is 4.11. The first-order valence-corrected chi connectivity index (χ1v) is 7.75. The molecule has 0 spiro atoms. The quantitative estimate of drug-likeness (QED) is 0.881. The van der Waals surface area contributed by atoms with Crippen LogP contribution in [0.25, 0.3) is 0 Å². The number of aryl methyl sites for hydroxylation is 1. The van der Waals surface area contributed by atoms with Crippen LogP contribution in [0, 0.1) is 24.7 Å². The van der Waals surface area contributed by atoms with Crippen molar-refractivity contribution < 1.29 is 0 Å². The molecular weight excluding hydrogens is 232 g/mol. The van der Waals surface area contributed by atoms with Crippen LogP contribution >= 0.6 is 0 Å². The Balaban J connectivity index is 2.19. The zero-order valence-corrected chi connectivity index (χ0v) is 12.8. The van der Waals surface area contributed by atoms with E-state index in [1.807, 2.05) is 12.4 Å². The second kappa shape index (κ2) is 6.51. The second-order valence-corrected chi connectivity index (χ2v) is 6.51. The largest absolute Gasteiger partial charge is 0.310 e. The Bertz CT molecular complexity index is 392. The summed E-state index contributed by atoms with van der Waals surface area (Å²) >= 11 is 0. The number of nitrogens with zero attached hydrogens (tertiary/aromatic N) is 1. The Hall–Kier alpha value is -0.890. The minimum absolute atomic E-state index is 0.475. The Morgan fingerprint density at radius 3 is 2.47 bits per heavy atom. The number of aromatic nitrogens is 1. The number of hydrogen-bond acceptors (Lipinski definition) is 2. The van der Waals surface area contributed by atoms with Crippen molar-refractivity contribution >= 4 is 0 Å². The lowest BCUT2D eigenvalue weighted by Crippen LogP contribution is -2.33. The van der Waals surface area contributed by atoms with Gasteiger partial charge in [-0.05, 0) is 61.6 Å². The summed E-state index contributed by atoms with van der Waals surface area (Å²) in [5.41, 5.74) is 2.63. The molecule has 0 aliphatic heterocycles. The maximum Gasteiger partial charge on any atom is 0.0364 e. The van der Waals surface area contributed by atoms with Gasteiger partial charge in [0, 0.05) is 18.4 Å². The molecule has 0 radical (unpaired) electrons. The highest BCUT2D eigenvalue weighted by atomic mass is 14.9. The summed E-state index contributed by atoms with van der Waals surface area (Å²) in [6.45, 7) is 10.2. The van der Waals surface area contributed by atoms with Crippen LogP contribution in [0.15, 0.2) is 18.5 Å². The number of rotatable bonds is 4. The van der Waals surface area contributed by atoms with E-state index in [-0.39, 0.29) is 0 Å². The van der Waals surface area contributed by atoms with Crippen LogP contribution in [0.1, 0.15) is 57.2 Å². The third-order valence-corrected chi connectivity index (χ3v) is 4.37. The lowest BCUT2D eigenvalue weighted by Gasteiger charge is -2.37. The van der Waals surface area contributed by atoms with Crippen LogP contribution in [0.5, 0.6) is 0 Å². The molecule has 1 aliphatic rings. The zero-order valence-electron chi connectivity index (χ0n) is 12.8. The van der Waals surface area contributed by atoms with Gasteiger partial charge in [0.15, 0.2) is 0 Å². The summed E-state index contributed by atoms with van der Waals surface area (Å²) < 4.78 is 0. The van der Waals surface area contributed by atoms with Gasteiger partial charge in [-0.1, -0.05) is 26.8 Å². The molecule has 1 aromatic rings. The van der Waals surface area contributed by atoms with E-state index in [1.54, 1.807) is 0 Å². The second-order valence-electron chi connectivity index (χ2n) is 6.51. The van der Waals surface area contributed by atoms with Crippen LogP contribution in [0.4, 0.5) is 0 Å². The number of pyridine rings is 1. The highest BCUT2D eigenvalue weighted by molar-refractivity contribution is 5.21. The lowest BCUT2D eigenvalue weighted by atomic mass is 9.72. The van der Waals surface area contributed by atoms with Gasteiger partial charge in [0.1, 0.15) is 0 Å². The molecule has 0 amide bonds. The van der Waals surface area contributed by atoms with Gasteiger partial charge < -0.3 is 5.32 Å². The van der Waals surface area contributed by atoms with Crippen molar-refractivity contribution in [2.24, 2.45) is 17.8 Å². The Morgan fingerprint density at radius 1 is 1.21 bits per heavy atom. The van der Waals surface area contributed by atoms with Crippen molar-refractivity contribution in [2.75, 3.05) is 6.54 Å². The molecule has 19 heavy (non-hydrogen) atoms. The molecule has 3 atom stereocenters. The summed E-state index contributed by atoms with van der Waals surface area (Å²) in [7, 11) is 0. The number of nitrogens with one attached hydrogen (secondary N) is 1. The fourth-order valence-corrected chi connectivity index (χ4v) is 3.81. The van der Waals surface area contributed by atoms with Gasteiger partial charge in [0.25, 0.3) is 0 Å². The third kappa shape index (κ3) is 3.79. The third-order valence-electron chi connectivity index (χ3n) is 4.37. The highest BCUT2D eigenvalue weighted by Gasteiger charge is 2.30. The van der Waals surface area contributed by atoms with Crippen molar-refractivity contribution in [3.63, 3.8) is 0 Å². The topological polar surface area (TPSA) is 24.9 Å². The molecule has 106 valence electrons. The molecular formula is C17H28N2. The number of hydrogen-bond donors (Lipinski definition) is 1. The minimum Gasteiger partial charge on any atom is -0.310 e. The lowest BCUT2D eigenvalue weighted by molar-refractivity contribution is 0.177. The standard InChI is InChI=1S/C17H28N2/c1-5-19-17(16-9-14(4)10-18-11-16)15-7-12(2)6-13(3)8-15/h9-13,15,17,19H,5-8H2,1-4H3. The van der Waals surface area contributed by atoms with E-state index in [2.05, 4.69) is 44.1 Å². The molecule has 1 aliphatic carbocycles. The van der Waals surface area contributed by atoms with E-state index < -0.39 is 0 Å². The average molecular weight is 260 g/mol. The zero-order chi connectivity index (χ0) is 13.8. The van der Waals surface area contributed by atoms with Crippen LogP contribution in [-0.4, -0.2) is 11.5 Å². The van der Waals surface area contributed by atoms with Crippen LogP contribution in [0.2, 0.25) is 0 Å². The molecule has 2 heteroatoms. The van der Waals surface area contributed by atoms with E-state index in [0.29, 0.717) is 6.04 Å². The van der Waals surface area contributed by atoms with Gasteiger partial charge in [0.2, 0.25) is 0 Å². The van der Waals surface area contributed by atoms with Crippen LogP contribution < -0.4 is 5.32 Å².